The summed E-state index contributed by atoms with van der Waals surface area (Å²) in [7, 11) is -3.95. The zero-order valence-electron chi connectivity index (χ0n) is 10.4. The number of carbonyl (C=O) groups is 2. The number of unbranched alkanes of at least 4 members (excludes halogenated alkanes) is 1. The molecule has 0 atom stereocenters. The van der Waals surface area contributed by atoms with Gasteiger partial charge in [-0.25, -0.2) is 13.2 Å². The van der Waals surface area contributed by atoms with Gasteiger partial charge in [-0.3, -0.25) is 4.79 Å². The van der Waals surface area contributed by atoms with Gasteiger partial charge in [0.1, 0.15) is 5.75 Å². The van der Waals surface area contributed by atoms with Crippen LogP contribution in [-0.4, -0.2) is 37.7 Å². The maximum atomic E-state index is 11.8. The molecule has 2 N–H and O–H groups in total. The summed E-state index contributed by atoms with van der Waals surface area (Å²) in [6.45, 7) is 2.35. The van der Waals surface area contributed by atoms with Gasteiger partial charge in [-0.2, -0.15) is 0 Å². The van der Waals surface area contributed by atoms with Crippen LogP contribution < -0.4 is 5.32 Å². The Morgan fingerprint density at radius 3 is 2.58 bits per heavy atom. The first kappa shape index (κ1) is 15.2. The number of hydrogen-bond donors (Lipinski definition) is 2. The Labute approximate surface area is 110 Å². The van der Waals surface area contributed by atoms with E-state index in [0.717, 1.165) is 25.0 Å². The van der Waals surface area contributed by atoms with Gasteiger partial charge < -0.3 is 14.8 Å². The van der Waals surface area contributed by atoms with Crippen molar-refractivity contribution in [1.82, 2.24) is 5.32 Å². The molecule has 0 unspecified atom stereocenters. The van der Waals surface area contributed by atoms with Crippen molar-refractivity contribution in [1.29, 1.82) is 0 Å². The zero-order valence-corrected chi connectivity index (χ0v) is 11.2. The van der Waals surface area contributed by atoms with Gasteiger partial charge >= 0.3 is 5.97 Å². The molecule has 0 aliphatic rings. The van der Waals surface area contributed by atoms with Crippen molar-refractivity contribution in [2.45, 2.75) is 24.9 Å². The van der Waals surface area contributed by atoms with Crippen molar-refractivity contribution in [3.05, 3.63) is 17.9 Å². The Hall–Kier alpha value is -1.83. The molecule has 0 bridgehead atoms. The van der Waals surface area contributed by atoms with E-state index in [1.807, 2.05) is 6.92 Å². The average molecular weight is 289 g/mol. The molecule has 1 amide bonds. The van der Waals surface area contributed by atoms with E-state index in [4.69, 9.17) is 5.11 Å². The molecule has 0 aliphatic carbocycles. The molecule has 0 aliphatic heterocycles. The summed E-state index contributed by atoms with van der Waals surface area (Å²) >= 11 is 0. The lowest BCUT2D eigenvalue weighted by Gasteiger charge is -2.03. The summed E-state index contributed by atoms with van der Waals surface area (Å²) in [5.41, 5.74) is 0. The molecule has 1 aromatic heterocycles. The molecule has 0 fully saturated rings. The average Bonchev–Trinajstić information content (AvgIpc) is 2.78. The Balaban J connectivity index is 2.69. The van der Waals surface area contributed by atoms with Crippen LogP contribution in [0.15, 0.2) is 21.6 Å². The smallest absolute Gasteiger partial charge is 0.371 e. The molecule has 1 heterocycles. The molecule has 0 saturated carbocycles. The van der Waals surface area contributed by atoms with E-state index in [0.29, 0.717) is 6.54 Å². The second-order valence-electron chi connectivity index (χ2n) is 3.89. The number of hydrogen-bond acceptors (Lipinski definition) is 5. The summed E-state index contributed by atoms with van der Waals surface area (Å²) in [4.78, 5) is 22.0. The molecule has 0 saturated heterocycles. The number of sulfone groups is 1. The van der Waals surface area contributed by atoms with E-state index >= 15 is 0 Å². The molecule has 0 spiro atoms. The molecule has 8 heteroatoms. The lowest BCUT2D eigenvalue weighted by atomic mass is 10.3. The second kappa shape index (κ2) is 6.37. The predicted octanol–water partition coefficient (Wildman–Crippen LogP) is 0.668. The van der Waals surface area contributed by atoms with E-state index in [1.54, 1.807) is 0 Å². The minimum Gasteiger partial charge on any atom is -0.475 e. The SMILES string of the molecule is CCCCNC(=O)CS(=O)(=O)c1ccc(C(=O)O)o1. The summed E-state index contributed by atoms with van der Waals surface area (Å²) in [5, 5.41) is 10.6. The van der Waals surface area contributed by atoms with Crippen molar-refractivity contribution in [2.24, 2.45) is 0 Å². The van der Waals surface area contributed by atoms with Gasteiger partial charge in [0.2, 0.25) is 26.6 Å². The highest BCUT2D eigenvalue weighted by Gasteiger charge is 2.24. The van der Waals surface area contributed by atoms with Crippen LogP contribution in [-0.2, 0) is 14.6 Å². The molecular weight excluding hydrogens is 274 g/mol. The Morgan fingerprint density at radius 1 is 1.37 bits per heavy atom. The van der Waals surface area contributed by atoms with Crippen LogP contribution >= 0.6 is 0 Å². The summed E-state index contributed by atoms with van der Waals surface area (Å²) in [5.74, 6) is -3.25. The van der Waals surface area contributed by atoms with Crippen molar-refractivity contribution in [2.75, 3.05) is 12.3 Å². The molecule has 106 valence electrons. The third-order valence-corrected chi connectivity index (χ3v) is 3.75. The fraction of sp³-hybridized carbons (Fsp3) is 0.455. The van der Waals surface area contributed by atoms with Crippen molar-refractivity contribution >= 4 is 21.7 Å². The Morgan fingerprint density at radius 2 is 2.05 bits per heavy atom. The van der Waals surface area contributed by atoms with Crippen LogP contribution in [0, 0.1) is 0 Å². The first-order chi connectivity index (χ1) is 8.86. The normalized spacial score (nSPS) is 11.2. The number of aromatic carboxylic acids is 1. The molecule has 0 aromatic carbocycles. The monoisotopic (exact) mass is 289 g/mol. The number of carbonyl (C=O) groups excluding carboxylic acids is 1. The number of rotatable bonds is 7. The van der Waals surface area contributed by atoms with Crippen LogP contribution in [0.5, 0.6) is 0 Å². The van der Waals surface area contributed by atoms with E-state index in [1.165, 1.54) is 0 Å². The maximum absolute atomic E-state index is 11.8. The minimum absolute atomic E-state index is 0.406. The second-order valence-corrected chi connectivity index (χ2v) is 5.81. The van der Waals surface area contributed by atoms with Crippen molar-refractivity contribution < 1.29 is 27.5 Å². The quantitative estimate of drug-likeness (QED) is 0.713. The zero-order chi connectivity index (χ0) is 14.5. The van der Waals surface area contributed by atoms with E-state index in [2.05, 4.69) is 9.73 Å². The van der Waals surface area contributed by atoms with Gasteiger partial charge in [-0.05, 0) is 18.6 Å². The fourth-order valence-corrected chi connectivity index (χ4v) is 2.38. The van der Waals surface area contributed by atoms with Crippen LogP contribution in [0.1, 0.15) is 30.3 Å². The number of carboxylic acids is 1. The number of carboxylic acid groups (broad SMARTS) is 1. The maximum Gasteiger partial charge on any atom is 0.371 e. The number of furan rings is 1. The van der Waals surface area contributed by atoms with Crippen LogP contribution in [0.25, 0.3) is 0 Å². The van der Waals surface area contributed by atoms with Crippen LogP contribution in [0.2, 0.25) is 0 Å². The van der Waals surface area contributed by atoms with E-state index in [9.17, 15) is 18.0 Å². The van der Waals surface area contributed by atoms with E-state index in [-0.39, 0.29) is 0 Å². The third-order valence-electron chi connectivity index (χ3n) is 2.27. The summed E-state index contributed by atoms with van der Waals surface area (Å²) in [6, 6.07) is 2.06. The van der Waals surface area contributed by atoms with Crippen molar-refractivity contribution in [3.63, 3.8) is 0 Å². The van der Waals surface area contributed by atoms with Gasteiger partial charge in [0.15, 0.2) is 0 Å². The first-order valence-electron chi connectivity index (χ1n) is 5.69. The van der Waals surface area contributed by atoms with Gasteiger partial charge in [0, 0.05) is 6.54 Å². The number of amides is 1. The summed E-state index contributed by atoms with van der Waals surface area (Å²) < 4.78 is 28.2. The Kier molecular flexibility index (Phi) is 5.11. The van der Waals surface area contributed by atoms with Crippen LogP contribution in [0.3, 0.4) is 0 Å². The first-order valence-corrected chi connectivity index (χ1v) is 7.34. The molecular formula is C11H15NO6S. The van der Waals surface area contributed by atoms with Gasteiger partial charge in [-0.1, -0.05) is 13.3 Å². The molecule has 1 aromatic rings. The summed E-state index contributed by atoms with van der Waals surface area (Å²) in [6.07, 6.45) is 1.64. The molecule has 7 nitrogen and oxygen atoms in total. The number of nitrogens with one attached hydrogen (secondary N) is 1. The van der Waals surface area contributed by atoms with Crippen LogP contribution in [0.4, 0.5) is 0 Å². The molecule has 0 radical (unpaired) electrons. The highest BCUT2D eigenvalue weighted by Crippen LogP contribution is 2.15. The van der Waals surface area contributed by atoms with Gasteiger partial charge in [0.05, 0.1) is 0 Å². The largest absolute Gasteiger partial charge is 0.475 e. The highest BCUT2D eigenvalue weighted by atomic mass is 32.2. The third kappa shape index (κ3) is 4.40. The predicted molar refractivity (Wildman–Crippen MR) is 65.6 cm³/mol. The highest BCUT2D eigenvalue weighted by molar-refractivity contribution is 7.92. The van der Waals surface area contributed by atoms with Gasteiger partial charge in [0.25, 0.3) is 0 Å². The molecule has 19 heavy (non-hydrogen) atoms. The van der Waals surface area contributed by atoms with Crippen molar-refractivity contribution in [3.8, 4) is 0 Å². The van der Waals surface area contributed by atoms with Gasteiger partial charge in [-0.15, -0.1) is 0 Å². The van der Waals surface area contributed by atoms with E-state index < -0.39 is 38.3 Å². The lowest BCUT2D eigenvalue weighted by Crippen LogP contribution is -2.30. The standard InChI is InChI=1S/C11H15NO6S/c1-2-3-6-12-9(13)7-19(16,17)10-5-4-8(18-10)11(14)15/h4-5H,2-3,6-7H2,1H3,(H,12,13)(H,14,15). The molecule has 1 rings (SSSR count). The lowest BCUT2D eigenvalue weighted by molar-refractivity contribution is -0.118. The Bertz CT molecular complexity index is 559. The minimum atomic E-state index is -3.95. The fourth-order valence-electron chi connectivity index (χ4n) is 1.30. The topological polar surface area (TPSA) is 114 Å².